The van der Waals surface area contributed by atoms with Crippen LogP contribution >= 0.6 is 11.3 Å². The van der Waals surface area contributed by atoms with Gasteiger partial charge in [-0.05, 0) is 63.7 Å². The number of alkyl carbamates (subject to hydrolysis) is 1. The minimum atomic E-state index is -0.454. The fraction of sp³-hybridized carbons (Fsp3) is 0.529. The highest BCUT2D eigenvalue weighted by Gasteiger charge is 2.15. The quantitative estimate of drug-likeness (QED) is 0.787. The molecule has 126 valence electrons. The number of thiophene rings is 1. The highest BCUT2D eigenvalue weighted by molar-refractivity contribution is 7.17. The molecule has 0 aliphatic heterocycles. The molecule has 0 radical (unpaired) electrons. The van der Waals surface area contributed by atoms with Gasteiger partial charge in [-0.15, -0.1) is 11.3 Å². The van der Waals surface area contributed by atoms with E-state index in [2.05, 4.69) is 34.0 Å². The zero-order chi connectivity index (χ0) is 16.9. The largest absolute Gasteiger partial charge is 0.444 e. The van der Waals surface area contributed by atoms with E-state index in [-0.39, 0.29) is 12.1 Å². The molecule has 0 fully saturated rings. The molecule has 2 N–H and O–H groups in total. The van der Waals surface area contributed by atoms with E-state index < -0.39 is 5.60 Å². The summed E-state index contributed by atoms with van der Waals surface area (Å²) in [5.41, 5.74) is 1.78. The van der Waals surface area contributed by atoms with Crippen molar-refractivity contribution in [3.8, 4) is 0 Å². The Hall–Kier alpha value is -1.66. The zero-order valence-corrected chi connectivity index (χ0v) is 15.0. The Kier molecular flexibility index (Phi) is 5.96. The van der Waals surface area contributed by atoms with Crippen LogP contribution in [-0.2, 0) is 4.74 Å². The average Bonchev–Trinajstić information content (AvgIpc) is 2.92. The van der Waals surface area contributed by atoms with Gasteiger partial charge in [0.05, 0.1) is 10.2 Å². The predicted octanol–water partition coefficient (Wildman–Crippen LogP) is 3.86. The number of aromatic nitrogens is 1. The Morgan fingerprint density at radius 2 is 2.17 bits per heavy atom. The predicted molar refractivity (Wildman–Crippen MR) is 94.9 cm³/mol. The molecule has 0 saturated heterocycles. The number of ether oxygens (including phenoxy) is 1. The summed E-state index contributed by atoms with van der Waals surface area (Å²) < 4.78 is 6.40. The number of nitrogens with one attached hydrogen (secondary N) is 2. The van der Waals surface area contributed by atoms with Gasteiger partial charge in [-0.3, -0.25) is 4.98 Å². The van der Waals surface area contributed by atoms with Crippen molar-refractivity contribution in [1.82, 2.24) is 15.6 Å². The van der Waals surface area contributed by atoms with Crippen LogP contribution in [0.1, 0.15) is 45.7 Å². The molecule has 0 aliphatic carbocycles. The third-order valence-corrected chi connectivity index (χ3v) is 4.15. The van der Waals surface area contributed by atoms with Crippen LogP contribution in [0.25, 0.3) is 10.2 Å². The Morgan fingerprint density at radius 1 is 1.39 bits per heavy atom. The molecule has 5 nitrogen and oxygen atoms in total. The molecule has 6 heteroatoms. The van der Waals surface area contributed by atoms with Gasteiger partial charge >= 0.3 is 6.09 Å². The van der Waals surface area contributed by atoms with Gasteiger partial charge in [-0.1, -0.05) is 0 Å². The number of nitrogens with zero attached hydrogens (tertiary/aromatic N) is 1. The Bertz CT molecular complexity index is 649. The van der Waals surface area contributed by atoms with E-state index in [0.717, 1.165) is 18.5 Å². The lowest BCUT2D eigenvalue weighted by molar-refractivity contribution is 0.0527. The van der Waals surface area contributed by atoms with Gasteiger partial charge in [0.25, 0.3) is 0 Å². The van der Waals surface area contributed by atoms with Gasteiger partial charge in [-0.25, -0.2) is 4.79 Å². The minimum absolute atomic E-state index is 0.232. The van der Waals surface area contributed by atoms with Gasteiger partial charge in [0, 0.05) is 18.8 Å². The molecule has 0 saturated carbocycles. The Balaban J connectivity index is 1.68. The van der Waals surface area contributed by atoms with E-state index in [0.29, 0.717) is 6.54 Å². The maximum atomic E-state index is 11.5. The molecule has 1 unspecified atom stereocenters. The monoisotopic (exact) mass is 335 g/mol. The van der Waals surface area contributed by atoms with Gasteiger partial charge in [-0.2, -0.15) is 0 Å². The van der Waals surface area contributed by atoms with Crippen molar-refractivity contribution in [2.75, 3.05) is 13.1 Å². The summed E-state index contributed by atoms with van der Waals surface area (Å²) in [4.78, 5) is 16.0. The fourth-order valence-electron chi connectivity index (χ4n) is 2.13. The molecule has 2 aromatic rings. The fourth-order valence-corrected chi connectivity index (χ4v) is 2.92. The second-order valence-electron chi connectivity index (χ2n) is 6.53. The number of carbonyl (C=O) groups is 1. The molecule has 2 rings (SSSR count). The van der Waals surface area contributed by atoms with Crippen molar-refractivity contribution in [3.63, 3.8) is 0 Å². The molecular weight excluding hydrogens is 310 g/mol. The maximum absolute atomic E-state index is 11.5. The topological polar surface area (TPSA) is 63.2 Å². The van der Waals surface area contributed by atoms with E-state index in [1.807, 2.05) is 33.0 Å². The van der Waals surface area contributed by atoms with Crippen LogP contribution in [0.3, 0.4) is 0 Å². The van der Waals surface area contributed by atoms with Gasteiger partial charge in [0.2, 0.25) is 0 Å². The second kappa shape index (κ2) is 7.75. The van der Waals surface area contributed by atoms with Crippen LogP contribution in [0.15, 0.2) is 23.7 Å². The average molecular weight is 335 g/mol. The summed E-state index contributed by atoms with van der Waals surface area (Å²) in [5, 5.41) is 8.27. The summed E-state index contributed by atoms with van der Waals surface area (Å²) in [6.07, 6.45) is 2.40. The number of fused-ring (bicyclic) bond motifs is 1. The van der Waals surface area contributed by atoms with Crippen molar-refractivity contribution >= 4 is 27.6 Å². The van der Waals surface area contributed by atoms with Crippen molar-refractivity contribution in [2.24, 2.45) is 0 Å². The molecule has 23 heavy (non-hydrogen) atoms. The normalized spacial score (nSPS) is 13.0. The molecule has 0 spiro atoms. The lowest BCUT2D eigenvalue weighted by Gasteiger charge is -2.19. The van der Waals surface area contributed by atoms with E-state index in [4.69, 9.17) is 4.74 Å². The maximum Gasteiger partial charge on any atom is 0.407 e. The van der Waals surface area contributed by atoms with Crippen molar-refractivity contribution in [3.05, 3.63) is 29.3 Å². The van der Waals surface area contributed by atoms with Crippen LogP contribution in [-0.4, -0.2) is 29.8 Å². The SMILES string of the molecule is CC(NCCCNC(=O)OC(C)(C)C)c1cnc2ccsc2c1. The van der Waals surface area contributed by atoms with Crippen molar-refractivity contribution in [2.45, 2.75) is 45.8 Å². The number of amides is 1. The number of rotatable bonds is 6. The molecule has 1 atom stereocenters. The third-order valence-electron chi connectivity index (χ3n) is 3.30. The minimum Gasteiger partial charge on any atom is -0.444 e. The lowest BCUT2D eigenvalue weighted by Crippen LogP contribution is -2.34. The van der Waals surface area contributed by atoms with Crippen LogP contribution in [0.5, 0.6) is 0 Å². The summed E-state index contributed by atoms with van der Waals surface area (Å²) in [6.45, 7) is 9.10. The Morgan fingerprint density at radius 3 is 2.91 bits per heavy atom. The first kappa shape index (κ1) is 17.7. The Labute approximate surface area is 141 Å². The lowest BCUT2D eigenvalue weighted by atomic mass is 10.1. The number of pyridine rings is 1. The van der Waals surface area contributed by atoms with Crippen molar-refractivity contribution in [1.29, 1.82) is 0 Å². The van der Waals surface area contributed by atoms with Crippen molar-refractivity contribution < 1.29 is 9.53 Å². The highest BCUT2D eigenvalue weighted by atomic mass is 32.1. The second-order valence-corrected chi connectivity index (χ2v) is 7.48. The first-order chi connectivity index (χ1) is 10.8. The van der Waals surface area contributed by atoms with Gasteiger partial charge in [0.1, 0.15) is 5.60 Å². The molecular formula is C17H25N3O2S. The van der Waals surface area contributed by atoms with Crippen LogP contribution in [0.2, 0.25) is 0 Å². The first-order valence-corrected chi connectivity index (χ1v) is 8.76. The number of hydrogen-bond acceptors (Lipinski definition) is 5. The van der Waals surface area contributed by atoms with Crippen LogP contribution in [0, 0.1) is 0 Å². The number of carbonyl (C=O) groups excluding carboxylic acids is 1. The smallest absolute Gasteiger partial charge is 0.407 e. The molecule has 2 aromatic heterocycles. The molecule has 0 aliphatic rings. The molecule has 2 heterocycles. The molecule has 0 aromatic carbocycles. The van der Waals surface area contributed by atoms with Gasteiger partial charge < -0.3 is 15.4 Å². The summed E-state index contributed by atoms with van der Waals surface area (Å²) >= 11 is 1.71. The van der Waals surface area contributed by atoms with Gasteiger partial charge in [0.15, 0.2) is 0 Å². The van der Waals surface area contributed by atoms with Crippen LogP contribution < -0.4 is 10.6 Å². The first-order valence-electron chi connectivity index (χ1n) is 7.88. The summed E-state index contributed by atoms with van der Waals surface area (Å²) in [5.74, 6) is 0. The van der Waals surface area contributed by atoms with E-state index in [9.17, 15) is 4.79 Å². The molecule has 1 amide bonds. The number of hydrogen-bond donors (Lipinski definition) is 2. The zero-order valence-electron chi connectivity index (χ0n) is 14.2. The summed E-state index contributed by atoms with van der Waals surface area (Å²) in [6, 6.07) is 4.45. The molecule has 0 bridgehead atoms. The van der Waals surface area contributed by atoms with E-state index >= 15 is 0 Å². The standard InChI is InChI=1S/C17H25N3O2S/c1-12(13-10-15-14(20-11-13)6-9-23-15)18-7-5-8-19-16(21)22-17(2,3)4/h6,9-12,18H,5,7-8H2,1-4H3,(H,19,21). The third kappa shape index (κ3) is 5.80. The van der Waals surface area contributed by atoms with E-state index in [1.54, 1.807) is 11.3 Å². The van der Waals surface area contributed by atoms with Crippen LogP contribution in [0.4, 0.5) is 4.79 Å². The van der Waals surface area contributed by atoms with E-state index in [1.165, 1.54) is 10.3 Å². The highest BCUT2D eigenvalue weighted by Crippen LogP contribution is 2.22. The summed E-state index contributed by atoms with van der Waals surface area (Å²) in [7, 11) is 0.